The molecule has 9 atom stereocenters. The molecule has 4 fully saturated rings. The van der Waals surface area contributed by atoms with Crippen LogP contribution in [0.3, 0.4) is 0 Å². The minimum Gasteiger partial charge on any atom is -0.456 e. The van der Waals surface area contributed by atoms with E-state index in [9.17, 15) is 39.0 Å². The molecule has 0 bridgehead atoms. The van der Waals surface area contributed by atoms with E-state index in [1.54, 1.807) is 18.2 Å². The fourth-order valence-corrected chi connectivity index (χ4v) is 8.96. The highest BCUT2D eigenvalue weighted by Gasteiger charge is 2.68. The van der Waals surface area contributed by atoms with Crippen molar-refractivity contribution in [3.63, 3.8) is 0 Å². The molecule has 0 aromatic heterocycles. The third kappa shape index (κ3) is 7.22. The first-order valence-corrected chi connectivity index (χ1v) is 16.7. The average molecular weight is 688 g/mol. The van der Waals surface area contributed by atoms with Crippen LogP contribution < -0.4 is 5.32 Å². The summed E-state index contributed by atoms with van der Waals surface area (Å²) in [5, 5.41) is 26.0. The van der Waals surface area contributed by atoms with Crippen molar-refractivity contribution in [1.82, 2.24) is 5.32 Å². The molecular weight excluding hydrogens is 642 g/mol. The van der Waals surface area contributed by atoms with Gasteiger partial charge in [-0.15, -0.1) is 0 Å². The van der Waals surface area contributed by atoms with Gasteiger partial charge in [0.15, 0.2) is 12.4 Å². The van der Waals surface area contributed by atoms with Gasteiger partial charge < -0.3 is 39.2 Å². The number of nitrogens with one attached hydrogen (secondary N) is 1. The fraction of sp³-hybridized carbons (Fsp3) is 0.657. The summed E-state index contributed by atoms with van der Waals surface area (Å²) >= 11 is 0. The number of aliphatic hydroxyl groups excluding tert-OH is 1. The number of fused-ring (bicyclic) bond motifs is 5. The SMILES string of the molecule is C/C=C/C[C@H]1NC(=O)C[C@@H]1OC(=O)OCOC(=O)COCC(=O)OCC(=O)[C@@]1(O)CCC2C3CCC4=CC(=O)C=C[C@]4(C)C3[C@@H](O)C[C@@]21C. The van der Waals surface area contributed by atoms with E-state index in [1.807, 2.05) is 32.9 Å². The number of aliphatic hydroxyl groups is 2. The molecule has 49 heavy (non-hydrogen) atoms. The molecule has 0 aromatic carbocycles. The van der Waals surface area contributed by atoms with Gasteiger partial charge in [0, 0.05) is 16.7 Å². The molecule has 3 unspecified atom stereocenters. The third-order valence-electron chi connectivity index (χ3n) is 11.4. The van der Waals surface area contributed by atoms with E-state index in [1.165, 1.54) is 0 Å². The van der Waals surface area contributed by atoms with Gasteiger partial charge in [0.05, 0.1) is 18.6 Å². The first kappa shape index (κ1) is 36.4. The first-order valence-electron chi connectivity index (χ1n) is 16.7. The lowest BCUT2D eigenvalue weighted by Crippen LogP contribution is -2.61. The zero-order valence-corrected chi connectivity index (χ0v) is 28.0. The molecule has 1 amide bonds. The van der Waals surface area contributed by atoms with E-state index in [4.69, 9.17) is 23.7 Å². The summed E-state index contributed by atoms with van der Waals surface area (Å²) in [5.41, 5.74) is -2.23. The zero-order chi connectivity index (χ0) is 35.6. The lowest BCUT2D eigenvalue weighted by Gasteiger charge is -2.59. The smallest absolute Gasteiger partial charge is 0.456 e. The summed E-state index contributed by atoms with van der Waals surface area (Å²) in [7, 11) is 0. The Labute approximate surface area is 284 Å². The van der Waals surface area contributed by atoms with Gasteiger partial charge in [0.2, 0.25) is 18.5 Å². The predicted molar refractivity (Wildman–Crippen MR) is 168 cm³/mol. The van der Waals surface area contributed by atoms with Gasteiger partial charge >= 0.3 is 18.1 Å². The summed E-state index contributed by atoms with van der Waals surface area (Å²) in [5.74, 6) is -3.08. The molecule has 5 rings (SSSR count). The summed E-state index contributed by atoms with van der Waals surface area (Å²) in [6.07, 6.45) is 8.86. The maximum atomic E-state index is 13.4. The standard InChI is InChI=1S/C35H45NO13/c1-4-5-6-24-26(14-28(40)36-24)49-32(43)48-19-47-30(42)18-45-17-29(41)46-16-27(39)35(44)12-10-23-22-8-7-20-13-21(37)9-11-33(20,2)31(22)25(38)15-34(23,35)3/h4-5,9,11,13,22-26,31,38,44H,6-8,10,12,14-19H2,1-3H3,(H,36,40)/b5-4+/t22?,23?,24-,25+,26+,31?,33+,34+,35+/m1/s1. The molecule has 5 aliphatic rings. The number of ketones is 2. The van der Waals surface area contributed by atoms with Crippen molar-refractivity contribution in [3.8, 4) is 0 Å². The van der Waals surface area contributed by atoms with E-state index in [0.29, 0.717) is 19.3 Å². The quantitative estimate of drug-likeness (QED) is 0.117. The van der Waals surface area contributed by atoms with Crippen molar-refractivity contribution in [3.05, 3.63) is 36.0 Å². The summed E-state index contributed by atoms with van der Waals surface area (Å²) < 4.78 is 24.7. The number of amides is 1. The monoisotopic (exact) mass is 687 g/mol. The Balaban J connectivity index is 1.03. The van der Waals surface area contributed by atoms with Crippen LogP contribution in [0.5, 0.6) is 0 Å². The van der Waals surface area contributed by atoms with Crippen LogP contribution in [0.2, 0.25) is 0 Å². The van der Waals surface area contributed by atoms with E-state index in [0.717, 1.165) is 12.0 Å². The zero-order valence-electron chi connectivity index (χ0n) is 28.0. The Bertz CT molecular complexity index is 1450. The molecule has 1 saturated heterocycles. The van der Waals surface area contributed by atoms with Gasteiger partial charge in [-0.3, -0.25) is 14.4 Å². The van der Waals surface area contributed by atoms with Crippen LogP contribution in [0.4, 0.5) is 4.79 Å². The molecule has 0 radical (unpaired) electrons. The second-order valence-corrected chi connectivity index (χ2v) is 14.1. The Kier molecular flexibility index (Phi) is 10.8. The van der Waals surface area contributed by atoms with E-state index in [-0.39, 0.29) is 48.7 Å². The summed E-state index contributed by atoms with van der Waals surface area (Å²) in [4.78, 5) is 73.3. The number of carbonyl (C=O) groups is 6. The summed E-state index contributed by atoms with van der Waals surface area (Å²) in [6, 6.07) is -0.396. The Morgan fingerprint density at radius 1 is 1.04 bits per heavy atom. The van der Waals surface area contributed by atoms with Gasteiger partial charge in [0.1, 0.15) is 24.9 Å². The molecule has 0 aromatic rings. The van der Waals surface area contributed by atoms with Gasteiger partial charge in [0.25, 0.3) is 0 Å². The minimum atomic E-state index is -1.82. The number of carbonyl (C=O) groups excluding carboxylic acids is 6. The van der Waals surface area contributed by atoms with Crippen molar-refractivity contribution < 1.29 is 62.7 Å². The molecule has 1 aliphatic heterocycles. The van der Waals surface area contributed by atoms with Crippen molar-refractivity contribution >= 4 is 35.6 Å². The second kappa shape index (κ2) is 14.5. The minimum absolute atomic E-state index is 0.0170. The Hall–Kier alpha value is -3.88. The number of hydrogen-bond acceptors (Lipinski definition) is 13. The molecule has 268 valence electrons. The number of esters is 2. The first-order chi connectivity index (χ1) is 23.2. The van der Waals surface area contributed by atoms with Gasteiger partial charge in [-0.1, -0.05) is 37.6 Å². The predicted octanol–water partition coefficient (Wildman–Crippen LogP) is 2.00. The van der Waals surface area contributed by atoms with Gasteiger partial charge in [-0.25, -0.2) is 14.4 Å². The lowest BCUT2D eigenvalue weighted by atomic mass is 9.46. The largest absolute Gasteiger partial charge is 0.511 e. The van der Waals surface area contributed by atoms with Gasteiger partial charge in [-0.2, -0.15) is 0 Å². The summed E-state index contributed by atoms with van der Waals surface area (Å²) in [6.45, 7) is 2.83. The highest BCUT2D eigenvalue weighted by atomic mass is 16.8. The molecule has 0 spiro atoms. The maximum Gasteiger partial charge on any atom is 0.511 e. The molecule has 3 saturated carbocycles. The fourth-order valence-electron chi connectivity index (χ4n) is 8.96. The third-order valence-corrected chi connectivity index (χ3v) is 11.4. The van der Waals surface area contributed by atoms with Crippen LogP contribution in [0.1, 0.15) is 65.7 Å². The van der Waals surface area contributed by atoms with E-state index in [2.05, 4.69) is 5.32 Å². The van der Waals surface area contributed by atoms with Crippen LogP contribution in [0.25, 0.3) is 0 Å². The molecule has 14 nitrogen and oxygen atoms in total. The van der Waals surface area contributed by atoms with Crippen LogP contribution in [0.15, 0.2) is 36.0 Å². The van der Waals surface area contributed by atoms with Crippen LogP contribution in [-0.4, -0.2) is 96.2 Å². The van der Waals surface area contributed by atoms with Crippen molar-refractivity contribution in [1.29, 1.82) is 0 Å². The average Bonchev–Trinajstić information content (AvgIpc) is 3.53. The van der Waals surface area contributed by atoms with Crippen LogP contribution in [0, 0.1) is 28.6 Å². The molecule has 4 aliphatic carbocycles. The Morgan fingerprint density at radius 2 is 1.78 bits per heavy atom. The van der Waals surface area contributed by atoms with Crippen LogP contribution >= 0.6 is 0 Å². The number of rotatable bonds is 12. The molecule has 14 heteroatoms. The normalized spacial score (nSPS) is 36.2. The highest BCUT2D eigenvalue weighted by Crippen LogP contribution is 2.67. The number of allylic oxidation sites excluding steroid dienone is 5. The number of ether oxygens (including phenoxy) is 5. The Morgan fingerprint density at radius 3 is 2.51 bits per heavy atom. The number of Topliss-reactive ketones (excluding diaryl/α,β-unsaturated/α-hetero) is 1. The van der Waals surface area contributed by atoms with Gasteiger partial charge in [-0.05, 0) is 69.4 Å². The second-order valence-electron chi connectivity index (χ2n) is 14.1. The topological polar surface area (TPSA) is 201 Å². The van der Waals surface area contributed by atoms with Crippen LogP contribution in [-0.2, 0) is 47.7 Å². The van der Waals surface area contributed by atoms with Crippen molar-refractivity contribution in [2.45, 2.75) is 89.6 Å². The highest BCUT2D eigenvalue weighted by molar-refractivity contribution is 6.01. The van der Waals surface area contributed by atoms with Crippen molar-refractivity contribution in [2.75, 3.05) is 26.6 Å². The van der Waals surface area contributed by atoms with Crippen molar-refractivity contribution in [2.24, 2.45) is 28.6 Å². The molecule has 1 heterocycles. The maximum absolute atomic E-state index is 13.4. The van der Waals surface area contributed by atoms with E-state index < -0.39 is 85.2 Å². The lowest BCUT2D eigenvalue weighted by molar-refractivity contribution is -0.182. The molecule has 3 N–H and O–H groups in total. The molecular formula is C35H45NO13. The van der Waals surface area contributed by atoms with E-state index >= 15 is 0 Å². The number of hydrogen-bond donors (Lipinski definition) is 3.